The summed E-state index contributed by atoms with van der Waals surface area (Å²) in [5.41, 5.74) is 2.72. The number of thioether (sulfide) groups is 1. The first kappa shape index (κ1) is 20.5. The Labute approximate surface area is 169 Å². The van der Waals surface area contributed by atoms with Gasteiger partial charge in [0.25, 0.3) is 0 Å². The molecule has 0 aromatic heterocycles. The molecule has 4 heteroatoms. The van der Waals surface area contributed by atoms with Gasteiger partial charge in [0.1, 0.15) is 0 Å². The minimum atomic E-state index is 0.233. The maximum atomic E-state index is 12.5. The van der Waals surface area contributed by atoms with E-state index in [1.165, 1.54) is 43.2 Å². The molecule has 27 heavy (non-hydrogen) atoms. The van der Waals surface area contributed by atoms with Gasteiger partial charge in [-0.1, -0.05) is 49.6 Å². The Kier molecular flexibility index (Phi) is 7.04. The van der Waals surface area contributed by atoms with E-state index in [0.29, 0.717) is 17.6 Å². The van der Waals surface area contributed by atoms with Gasteiger partial charge in [-0.15, -0.1) is 11.8 Å². The normalized spacial score (nSPS) is 23.5. The summed E-state index contributed by atoms with van der Waals surface area (Å²) >= 11 is 2.04. The third-order valence-electron chi connectivity index (χ3n) is 5.73. The van der Waals surface area contributed by atoms with Crippen molar-refractivity contribution in [1.29, 1.82) is 0 Å². The van der Waals surface area contributed by atoms with Gasteiger partial charge in [0.2, 0.25) is 5.91 Å². The molecule has 1 amide bonds. The van der Waals surface area contributed by atoms with Crippen LogP contribution >= 0.6 is 11.8 Å². The van der Waals surface area contributed by atoms with E-state index < -0.39 is 0 Å². The van der Waals surface area contributed by atoms with Crippen molar-refractivity contribution in [3.8, 4) is 0 Å². The number of amides is 1. The van der Waals surface area contributed by atoms with Crippen LogP contribution in [0.2, 0.25) is 0 Å². The van der Waals surface area contributed by atoms with E-state index in [1.54, 1.807) is 9.81 Å². The lowest BCUT2D eigenvalue weighted by Crippen LogP contribution is -2.24. The molecule has 0 N–H and O–H groups in total. The average Bonchev–Trinajstić information content (AvgIpc) is 3.06. The molecule has 3 rings (SSSR count). The third kappa shape index (κ3) is 5.39. The predicted octanol–water partition coefficient (Wildman–Crippen LogP) is 5.09. The number of rotatable bonds is 6. The molecule has 2 unspecified atom stereocenters. The Hall–Kier alpha value is -1.26. The topological polar surface area (TPSA) is 23.6 Å². The summed E-state index contributed by atoms with van der Waals surface area (Å²) in [7, 11) is 7.95. The molecule has 0 saturated heterocycles. The highest BCUT2D eigenvalue weighted by atomic mass is 32.2. The lowest BCUT2D eigenvalue weighted by atomic mass is 9.87. The molecular weight excluding hydrogens is 352 g/mol. The van der Waals surface area contributed by atoms with E-state index in [2.05, 4.69) is 49.3 Å². The fraction of sp³-hybridized carbons (Fsp3) is 0.609. The summed E-state index contributed by atoms with van der Waals surface area (Å²) in [4.78, 5) is 17.9. The molecule has 1 aromatic rings. The van der Waals surface area contributed by atoms with Crippen LogP contribution in [-0.2, 0) is 11.3 Å². The highest BCUT2D eigenvalue weighted by Crippen LogP contribution is 2.53. The van der Waals surface area contributed by atoms with Crippen LogP contribution in [0.1, 0.15) is 54.9 Å². The van der Waals surface area contributed by atoms with Crippen LogP contribution in [0.3, 0.4) is 0 Å². The van der Waals surface area contributed by atoms with E-state index in [9.17, 15) is 4.79 Å². The monoisotopic (exact) mass is 386 g/mol. The van der Waals surface area contributed by atoms with Crippen molar-refractivity contribution in [2.75, 3.05) is 28.2 Å². The molecule has 2 atom stereocenters. The molecule has 1 aliphatic carbocycles. The number of nitrogens with zero attached hydrogens (tertiary/aromatic N) is 2. The molecule has 148 valence electrons. The lowest BCUT2D eigenvalue weighted by molar-refractivity contribution is -0.129. The molecule has 0 spiro atoms. The first-order valence-corrected chi connectivity index (χ1v) is 11.1. The quantitative estimate of drug-likeness (QED) is 0.680. The number of allylic oxidation sites excluding steroid dienone is 2. The van der Waals surface area contributed by atoms with Crippen molar-refractivity contribution in [2.24, 2.45) is 11.8 Å². The van der Waals surface area contributed by atoms with Crippen LogP contribution in [0.25, 0.3) is 0 Å². The summed E-state index contributed by atoms with van der Waals surface area (Å²) in [6.45, 7) is 0.954. The standard InChI is InChI=1S/C23H34N2OS/c1-24(2)16-17-9-8-12-19(13-17)23-20(15-22(26)25(3)4)14-21(27-23)18-10-6-5-7-11-18/h8-9,12-14,18,20,23H,5-7,10-11,15-16H2,1-4H3. The summed E-state index contributed by atoms with van der Waals surface area (Å²) in [6.07, 6.45) is 9.79. The van der Waals surface area contributed by atoms with Gasteiger partial charge in [0.05, 0.1) is 0 Å². The Morgan fingerprint density at radius 1 is 1.11 bits per heavy atom. The van der Waals surface area contributed by atoms with E-state index in [0.717, 1.165) is 12.5 Å². The van der Waals surface area contributed by atoms with E-state index >= 15 is 0 Å². The fourth-order valence-electron chi connectivity index (χ4n) is 4.29. The summed E-state index contributed by atoms with van der Waals surface area (Å²) < 4.78 is 0. The van der Waals surface area contributed by atoms with Crippen molar-refractivity contribution in [3.05, 3.63) is 46.4 Å². The second-order valence-electron chi connectivity index (χ2n) is 8.58. The van der Waals surface area contributed by atoms with Gasteiger partial charge < -0.3 is 9.80 Å². The van der Waals surface area contributed by atoms with Crippen LogP contribution in [0.15, 0.2) is 35.2 Å². The van der Waals surface area contributed by atoms with Crippen LogP contribution in [-0.4, -0.2) is 43.9 Å². The fourth-order valence-corrected chi connectivity index (χ4v) is 5.90. The lowest BCUT2D eigenvalue weighted by Gasteiger charge is -2.24. The summed E-state index contributed by atoms with van der Waals surface area (Å²) in [5, 5.41) is 0.368. The van der Waals surface area contributed by atoms with Crippen molar-refractivity contribution in [3.63, 3.8) is 0 Å². The molecule has 2 aliphatic rings. The van der Waals surface area contributed by atoms with Crippen molar-refractivity contribution >= 4 is 17.7 Å². The van der Waals surface area contributed by atoms with Crippen molar-refractivity contribution in [1.82, 2.24) is 9.80 Å². The van der Waals surface area contributed by atoms with E-state index in [1.807, 2.05) is 25.9 Å². The molecule has 0 radical (unpaired) electrons. The molecule has 3 nitrogen and oxygen atoms in total. The van der Waals surface area contributed by atoms with Gasteiger partial charge in [-0.3, -0.25) is 4.79 Å². The molecule has 0 bridgehead atoms. The zero-order chi connectivity index (χ0) is 19.4. The smallest absolute Gasteiger partial charge is 0.222 e. The largest absolute Gasteiger partial charge is 0.349 e. The van der Waals surface area contributed by atoms with Crippen molar-refractivity contribution < 1.29 is 4.79 Å². The predicted molar refractivity (Wildman–Crippen MR) is 116 cm³/mol. The molecule has 1 heterocycles. The first-order valence-electron chi connectivity index (χ1n) is 10.3. The highest BCUT2D eigenvalue weighted by molar-refractivity contribution is 8.03. The van der Waals surface area contributed by atoms with E-state index in [-0.39, 0.29) is 5.91 Å². The average molecular weight is 387 g/mol. The van der Waals surface area contributed by atoms with Crippen LogP contribution in [0, 0.1) is 11.8 Å². The van der Waals surface area contributed by atoms with Gasteiger partial charge in [0.15, 0.2) is 0 Å². The zero-order valence-electron chi connectivity index (χ0n) is 17.3. The second kappa shape index (κ2) is 9.29. The second-order valence-corrected chi connectivity index (χ2v) is 9.80. The number of carbonyl (C=O) groups excluding carboxylic acids is 1. The number of hydrogen-bond donors (Lipinski definition) is 0. The molecule has 1 aromatic carbocycles. The van der Waals surface area contributed by atoms with Gasteiger partial charge in [-0.05, 0) is 48.9 Å². The zero-order valence-corrected chi connectivity index (χ0v) is 18.1. The first-order chi connectivity index (χ1) is 12.9. The maximum absolute atomic E-state index is 12.5. The Morgan fingerprint density at radius 2 is 1.85 bits per heavy atom. The molecule has 1 fully saturated rings. The molecule has 1 saturated carbocycles. The Morgan fingerprint density at radius 3 is 2.52 bits per heavy atom. The van der Waals surface area contributed by atoms with Crippen molar-refractivity contribution in [2.45, 2.75) is 50.3 Å². The molecule has 1 aliphatic heterocycles. The maximum Gasteiger partial charge on any atom is 0.222 e. The number of hydrogen-bond acceptors (Lipinski definition) is 3. The van der Waals surface area contributed by atoms with E-state index in [4.69, 9.17) is 0 Å². The Balaban J connectivity index is 1.82. The van der Waals surface area contributed by atoms with Crippen LogP contribution in [0.4, 0.5) is 0 Å². The summed E-state index contributed by atoms with van der Waals surface area (Å²) in [6, 6.07) is 8.99. The SMILES string of the molecule is CN(C)Cc1cccc(C2SC(C3CCCCC3)=CC2CC(=O)N(C)C)c1. The van der Waals surface area contributed by atoms with Crippen LogP contribution in [0.5, 0.6) is 0 Å². The van der Waals surface area contributed by atoms with Gasteiger partial charge in [-0.2, -0.15) is 0 Å². The summed E-state index contributed by atoms with van der Waals surface area (Å²) in [5.74, 6) is 1.25. The third-order valence-corrected chi connectivity index (χ3v) is 7.34. The van der Waals surface area contributed by atoms with Gasteiger partial charge in [0, 0.05) is 38.2 Å². The van der Waals surface area contributed by atoms with Gasteiger partial charge in [-0.25, -0.2) is 0 Å². The van der Waals surface area contributed by atoms with Crippen LogP contribution < -0.4 is 0 Å². The highest BCUT2D eigenvalue weighted by Gasteiger charge is 2.34. The minimum Gasteiger partial charge on any atom is -0.349 e. The number of benzene rings is 1. The minimum absolute atomic E-state index is 0.233. The Bertz CT molecular complexity index is 677. The van der Waals surface area contributed by atoms with Gasteiger partial charge >= 0.3 is 0 Å². The molecular formula is C23H34N2OS. The number of carbonyl (C=O) groups is 1.